The van der Waals surface area contributed by atoms with Crippen LogP contribution in [0.1, 0.15) is 63.9 Å². The Morgan fingerprint density at radius 2 is 1.60 bits per heavy atom. The number of methoxy groups -OCH3 is 1. The van der Waals surface area contributed by atoms with Crippen molar-refractivity contribution in [2.75, 3.05) is 12.8 Å². The molecule has 0 fully saturated rings. The molecule has 20 heavy (non-hydrogen) atoms. The standard InChI is InChI=1S/C9H10BrNO2.C3H8.2C2H6/c1-5-7(9(12)13-2)3-6(10)4-8(5)11;1-3-2;2*1-2/h3-4H,11H2,1-2H3;3H2,1-2H3;2*1-2H3. The van der Waals surface area contributed by atoms with Crippen molar-refractivity contribution in [1.82, 2.24) is 0 Å². The van der Waals surface area contributed by atoms with E-state index >= 15 is 0 Å². The number of ether oxygens (including phenoxy) is 1. The maximum absolute atomic E-state index is 11.2. The van der Waals surface area contributed by atoms with E-state index in [0.29, 0.717) is 11.3 Å². The van der Waals surface area contributed by atoms with E-state index in [4.69, 9.17) is 5.73 Å². The second-order valence-electron chi connectivity index (χ2n) is 3.37. The van der Waals surface area contributed by atoms with E-state index in [-0.39, 0.29) is 5.97 Å². The molecule has 2 N–H and O–H groups in total. The topological polar surface area (TPSA) is 52.3 Å². The Balaban J connectivity index is -0.000000355. The molecule has 1 aromatic rings. The Morgan fingerprint density at radius 3 is 1.95 bits per heavy atom. The second kappa shape index (κ2) is 16.0. The summed E-state index contributed by atoms with van der Waals surface area (Å²) in [6.45, 7) is 14.0. The second-order valence-corrected chi connectivity index (χ2v) is 4.28. The molecule has 0 aromatic heterocycles. The zero-order chi connectivity index (χ0) is 16.7. The van der Waals surface area contributed by atoms with Crippen molar-refractivity contribution >= 4 is 27.6 Å². The average molecular weight is 348 g/mol. The van der Waals surface area contributed by atoms with Crippen LogP contribution >= 0.6 is 15.9 Å². The van der Waals surface area contributed by atoms with E-state index in [2.05, 4.69) is 34.5 Å². The Kier molecular flexibility index (Phi) is 19.2. The lowest BCUT2D eigenvalue weighted by Crippen LogP contribution is -2.05. The van der Waals surface area contributed by atoms with Gasteiger partial charge in [-0.2, -0.15) is 0 Å². The van der Waals surface area contributed by atoms with Gasteiger partial charge in [0.05, 0.1) is 12.7 Å². The third-order valence-electron chi connectivity index (χ3n) is 1.82. The molecule has 3 nitrogen and oxygen atoms in total. The van der Waals surface area contributed by atoms with Crippen molar-refractivity contribution in [3.63, 3.8) is 0 Å². The third-order valence-corrected chi connectivity index (χ3v) is 2.28. The first-order valence-corrected chi connectivity index (χ1v) is 7.91. The molecular formula is C16H30BrNO2. The first-order chi connectivity index (χ1) is 9.47. The van der Waals surface area contributed by atoms with Gasteiger partial charge in [0.15, 0.2) is 0 Å². The molecule has 0 bridgehead atoms. The minimum absolute atomic E-state index is 0.370. The molecule has 118 valence electrons. The first kappa shape index (κ1) is 24.0. The number of esters is 1. The van der Waals surface area contributed by atoms with Crippen LogP contribution in [0.25, 0.3) is 0 Å². The van der Waals surface area contributed by atoms with Crippen LogP contribution in [-0.2, 0) is 4.74 Å². The minimum atomic E-state index is -0.370. The van der Waals surface area contributed by atoms with Crippen molar-refractivity contribution in [2.45, 2.75) is 54.9 Å². The van der Waals surface area contributed by atoms with Gasteiger partial charge in [0, 0.05) is 10.2 Å². The number of hydrogen-bond donors (Lipinski definition) is 1. The molecule has 0 saturated carbocycles. The summed E-state index contributed by atoms with van der Waals surface area (Å²) in [4.78, 5) is 11.2. The van der Waals surface area contributed by atoms with Gasteiger partial charge in [0.1, 0.15) is 0 Å². The van der Waals surface area contributed by atoms with Gasteiger partial charge in [-0.15, -0.1) is 0 Å². The summed E-state index contributed by atoms with van der Waals surface area (Å²) >= 11 is 3.26. The molecule has 0 aliphatic rings. The van der Waals surface area contributed by atoms with Gasteiger partial charge in [0.25, 0.3) is 0 Å². The summed E-state index contributed by atoms with van der Waals surface area (Å²) in [6.07, 6.45) is 1.25. The Hall–Kier alpha value is -1.03. The molecule has 0 aliphatic carbocycles. The number of rotatable bonds is 1. The highest BCUT2D eigenvalue weighted by atomic mass is 79.9. The maximum Gasteiger partial charge on any atom is 0.338 e. The molecule has 0 saturated heterocycles. The Labute approximate surface area is 133 Å². The lowest BCUT2D eigenvalue weighted by Gasteiger charge is -2.07. The van der Waals surface area contributed by atoms with Gasteiger partial charge in [-0.3, -0.25) is 0 Å². The largest absolute Gasteiger partial charge is 0.465 e. The van der Waals surface area contributed by atoms with E-state index in [1.165, 1.54) is 13.5 Å². The van der Waals surface area contributed by atoms with Crippen molar-refractivity contribution in [1.29, 1.82) is 0 Å². The monoisotopic (exact) mass is 347 g/mol. The minimum Gasteiger partial charge on any atom is -0.465 e. The summed E-state index contributed by atoms with van der Waals surface area (Å²) in [5, 5.41) is 0. The van der Waals surface area contributed by atoms with Crippen LogP contribution in [0.2, 0.25) is 0 Å². The number of carbonyl (C=O) groups is 1. The van der Waals surface area contributed by atoms with Gasteiger partial charge < -0.3 is 10.5 Å². The molecule has 0 unspecified atom stereocenters. The number of halogens is 1. The fraction of sp³-hybridized carbons (Fsp3) is 0.562. The normalized spacial score (nSPS) is 7.85. The fourth-order valence-electron chi connectivity index (χ4n) is 1.02. The molecule has 0 amide bonds. The number of anilines is 1. The van der Waals surface area contributed by atoms with Crippen molar-refractivity contribution < 1.29 is 9.53 Å². The summed E-state index contributed by atoms with van der Waals surface area (Å²) in [6, 6.07) is 3.44. The molecule has 0 aliphatic heterocycles. The van der Waals surface area contributed by atoms with Crippen LogP contribution < -0.4 is 5.73 Å². The van der Waals surface area contributed by atoms with Gasteiger partial charge in [-0.1, -0.05) is 63.9 Å². The molecule has 0 spiro atoms. The highest BCUT2D eigenvalue weighted by molar-refractivity contribution is 9.10. The number of benzene rings is 1. The predicted octanol–water partition coefficient (Wildman–Crippen LogP) is 5.60. The molecule has 0 atom stereocenters. The van der Waals surface area contributed by atoms with E-state index in [1.54, 1.807) is 19.1 Å². The third kappa shape index (κ3) is 9.84. The number of hydrogen-bond acceptors (Lipinski definition) is 3. The zero-order valence-corrected chi connectivity index (χ0v) is 15.7. The SMILES string of the molecule is CC.CC.CCC.COC(=O)c1cc(Br)cc(N)c1C. The van der Waals surface area contributed by atoms with Crippen LogP contribution in [0.4, 0.5) is 5.69 Å². The highest BCUT2D eigenvalue weighted by Crippen LogP contribution is 2.23. The lowest BCUT2D eigenvalue weighted by atomic mass is 10.1. The number of nitrogens with two attached hydrogens (primary N) is 1. The summed E-state index contributed by atoms with van der Waals surface area (Å²) in [7, 11) is 1.35. The summed E-state index contributed by atoms with van der Waals surface area (Å²) in [5.74, 6) is -0.370. The van der Waals surface area contributed by atoms with E-state index in [0.717, 1.165) is 10.0 Å². The van der Waals surface area contributed by atoms with E-state index in [1.807, 2.05) is 27.7 Å². The fourth-order valence-corrected chi connectivity index (χ4v) is 1.50. The quantitative estimate of drug-likeness (QED) is 0.531. The predicted molar refractivity (Wildman–Crippen MR) is 93.3 cm³/mol. The molecule has 1 aromatic carbocycles. The van der Waals surface area contributed by atoms with E-state index in [9.17, 15) is 4.79 Å². The van der Waals surface area contributed by atoms with Crippen molar-refractivity contribution in [3.8, 4) is 0 Å². The maximum atomic E-state index is 11.2. The van der Waals surface area contributed by atoms with Gasteiger partial charge in [0.2, 0.25) is 0 Å². The van der Waals surface area contributed by atoms with Gasteiger partial charge in [-0.05, 0) is 24.6 Å². The highest BCUT2D eigenvalue weighted by Gasteiger charge is 2.11. The smallest absolute Gasteiger partial charge is 0.338 e. The van der Waals surface area contributed by atoms with Crippen LogP contribution in [0.5, 0.6) is 0 Å². The molecule has 1 rings (SSSR count). The molecule has 0 radical (unpaired) electrons. The lowest BCUT2D eigenvalue weighted by molar-refractivity contribution is 0.0600. The number of carbonyl (C=O) groups excluding carboxylic acids is 1. The summed E-state index contributed by atoms with van der Waals surface area (Å²) < 4.78 is 5.39. The Morgan fingerprint density at radius 1 is 1.20 bits per heavy atom. The van der Waals surface area contributed by atoms with Crippen molar-refractivity contribution in [3.05, 3.63) is 27.7 Å². The van der Waals surface area contributed by atoms with Crippen LogP contribution in [0.3, 0.4) is 0 Å². The summed E-state index contributed by atoms with van der Waals surface area (Å²) in [5.41, 5.74) is 7.49. The average Bonchev–Trinajstić information content (AvgIpc) is 2.47. The zero-order valence-electron chi connectivity index (χ0n) is 14.1. The Bertz CT molecular complexity index is 366. The van der Waals surface area contributed by atoms with Crippen LogP contribution in [-0.4, -0.2) is 13.1 Å². The van der Waals surface area contributed by atoms with Crippen LogP contribution in [0, 0.1) is 6.92 Å². The van der Waals surface area contributed by atoms with Gasteiger partial charge >= 0.3 is 5.97 Å². The molecule has 4 heteroatoms. The molecular weight excluding hydrogens is 318 g/mol. The molecule has 0 heterocycles. The van der Waals surface area contributed by atoms with Crippen LogP contribution in [0.15, 0.2) is 16.6 Å². The van der Waals surface area contributed by atoms with Crippen molar-refractivity contribution in [2.24, 2.45) is 0 Å². The number of nitrogen functional groups attached to an aromatic ring is 1. The first-order valence-electron chi connectivity index (χ1n) is 7.11. The van der Waals surface area contributed by atoms with Gasteiger partial charge in [-0.25, -0.2) is 4.79 Å². The van der Waals surface area contributed by atoms with E-state index < -0.39 is 0 Å².